The van der Waals surface area contributed by atoms with Crippen LogP contribution in [0.5, 0.6) is 0 Å². The quantitative estimate of drug-likeness (QED) is 0.616. The first-order valence-corrected chi connectivity index (χ1v) is 7.45. The second-order valence-electron chi connectivity index (χ2n) is 5.58. The first kappa shape index (κ1) is 14.3. The predicted molar refractivity (Wildman–Crippen MR) is 78.6 cm³/mol. The van der Waals surface area contributed by atoms with Crippen LogP contribution in [0.15, 0.2) is 18.2 Å². The molecule has 2 fully saturated rings. The van der Waals surface area contributed by atoms with Crippen LogP contribution in [0.3, 0.4) is 0 Å². The normalized spacial score (nSPS) is 19.3. The number of ether oxygens (including phenoxy) is 2. The molecule has 114 valence electrons. The molecule has 3 rings (SSSR count). The number of nitrogens with zero attached hydrogens (tertiary/aromatic N) is 2. The van der Waals surface area contributed by atoms with Gasteiger partial charge < -0.3 is 14.4 Å². The van der Waals surface area contributed by atoms with Gasteiger partial charge in [-0.2, -0.15) is 0 Å². The van der Waals surface area contributed by atoms with Gasteiger partial charge in [0.25, 0.3) is 5.69 Å². The van der Waals surface area contributed by atoms with Crippen molar-refractivity contribution < 1.29 is 14.4 Å². The molecule has 21 heavy (non-hydrogen) atoms. The topological polar surface area (TPSA) is 64.8 Å². The molecule has 0 atom stereocenters. The third-order valence-electron chi connectivity index (χ3n) is 4.09. The number of hydrogen-bond donors (Lipinski definition) is 0. The number of anilines is 1. The van der Waals surface area contributed by atoms with Gasteiger partial charge in [0.1, 0.15) is 0 Å². The van der Waals surface area contributed by atoms with Crippen LogP contribution < -0.4 is 4.90 Å². The summed E-state index contributed by atoms with van der Waals surface area (Å²) < 4.78 is 11.1. The number of nitro benzene ring substituents is 1. The van der Waals surface area contributed by atoms with Crippen molar-refractivity contribution >= 4 is 11.4 Å². The van der Waals surface area contributed by atoms with Crippen molar-refractivity contribution in [2.75, 3.05) is 31.2 Å². The van der Waals surface area contributed by atoms with Gasteiger partial charge in [-0.25, -0.2) is 0 Å². The predicted octanol–water partition coefficient (Wildman–Crippen LogP) is 2.50. The van der Waals surface area contributed by atoms with E-state index in [9.17, 15) is 10.1 Å². The third-order valence-corrected chi connectivity index (χ3v) is 4.09. The molecule has 6 nitrogen and oxygen atoms in total. The molecule has 1 aliphatic carbocycles. The number of morpholine rings is 1. The Kier molecular flexibility index (Phi) is 4.36. The maximum absolute atomic E-state index is 11.1. The molecule has 0 aromatic heterocycles. The summed E-state index contributed by atoms with van der Waals surface area (Å²) in [6, 6.07) is 5.25. The van der Waals surface area contributed by atoms with Crippen molar-refractivity contribution in [3.05, 3.63) is 33.9 Å². The van der Waals surface area contributed by atoms with Crippen LogP contribution in [0.4, 0.5) is 11.4 Å². The van der Waals surface area contributed by atoms with E-state index in [2.05, 4.69) is 4.90 Å². The molecule has 0 amide bonds. The van der Waals surface area contributed by atoms with Gasteiger partial charge in [0.15, 0.2) is 0 Å². The van der Waals surface area contributed by atoms with Crippen LogP contribution in [-0.2, 0) is 16.1 Å². The third kappa shape index (κ3) is 3.51. The van der Waals surface area contributed by atoms with Crippen LogP contribution in [-0.4, -0.2) is 37.3 Å². The number of benzene rings is 1. The van der Waals surface area contributed by atoms with Crippen molar-refractivity contribution in [3.63, 3.8) is 0 Å². The van der Waals surface area contributed by atoms with Gasteiger partial charge in [-0.3, -0.25) is 10.1 Å². The molecule has 0 N–H and O–H groups in total. The van der Waals surface area contributed by atoms with Gasteiger partial charge in [-0.1, -0.05) is 0 Å². The maximum atomic E-state index is 11.1. The SMILES string of the molecule is O=[N+]([O-])c1cc(COC2CCC2)cc(N2CCOCC2)c1. The van der Waals surface area contributed by atoms with Crippen molar-refractivity contribution in [1.29, 1.82) is 0 Å². The second kappa shape index (κ2) is 6.41. The largest absolute Gasteiger partial charge is 0.378 e. The summed E-state index contributed by atoms with van der Waals surface area (Å²) in [6.45, 7) is 3.31. The van der Waals surface area contributed by atoms with Gasteiger partial charge in [-0.05, 0) is 30.9 Å². The van der Waals surface area contributed by atoms with Crippen molar-refractivity contribution in [1.82, 2.24) is 0 Å². The van der Waals surface area contributed by atoms with E-state index in [-0.39, 0.29) is 10.6 Å². The van der Waals surface area contributed by atoms with Crippen LogP contribution in [0.1, 0.15) is 24.8 Å². The molecule has 1 aromatic carbocycles. The Morgan fingerprint density at radius 3 is 2.67 bits per heavy atom. The van der Waals surface area contributed by atoms with Crippen LogP contribution in [0.25, 0.3) is 0 Å². The fourth-order valence-electron chi connectivity index (χ4n) is 2.60. The Bertz CT molecular complexity index is 510. The van der Waals surface area contributed by atoms with E-state index < -0.39 is 0 Å². The molecule has 0 bridgehead atoms. The maximum Gasteiger partial charge on any atom is 0.271 e. The summed E-state index contributed by atoms with van der Waals surface area (Å²) in [7, 11) is 0. The van der Waals surface area contributed by atoms with E-state index in [0.29, 0.717) is 25.9 Å². The lowest BCUT2D eigenvalue weighted by Gasteiger charge is -2.29. The Balaban J connectivity index is 1.76. The van der Waals surface area contributed by atoms with Gasteiger partial charge in [0.05, 0.1) is 30.8 Å². The van der Waals surface area contributed by atoms with Crippen LogP contribution >= 0.6 is 0 Å². The number of nitro groups is 1. The summed E-state index contributed by atoms with van der Waals surface area (Å²) in [6.07, 6.45) is 3.76. The fourth-order valence-corrected chi connectivity index (χ4v) is 2.60. The average molecular weight is 292 g/mol. The Morgan fingerprint density at radius 1 is 1.29 bits per heavy atom. The molecule has 1 saturated heterocycles. The molecule has 1 aliphatic heterocycles. The fraction of sp³-hybridized carbons (Fsp3) is 0.600. The Labute approximate surface area is 123 Å². The minimum Gasteiger partial charge on any atom is -0.378 e. The molecular weight excluding hydrogens is 272 g/mol. The molecule has 6 heteroatoms. The highest BCUT2D eigenvalue weighted by atomic mass is 16.6. The zero-order valence-electron chi connectivity index (χ0n) is 12.0. The summed E-state index contributed by atoms with van der Waals surface area (Å²) in [5, 5.41) is 11.1. The molecule has 0 unspecified atom stereocenters. The summed E-state index contributed by atoms with van der Waals surface area (Å²) in [5.41, 5.74) is 1.89. The zero-order chi connectivity index (χ0) is 14.7. The monoisotopic (exact) mass is 292 g/mol. The average Bonchev–Trinajstić information content (AvgIpc) is 2.46. The van der Waals surface area contributed by atoms with E-state index >= 15 is 0 Å². The standard InChI is InChI=1S/C15H20N2O4/c18-17(19)14-9-12(11-21-15-2-1-3-15)8-13(10-14)16-4-6-20-7-5-16/h8-10,15H,1-7,11H2. The first-order valence-electron chi connectivity index (χ1n) is 7.45. The molecule has 1 aromatic rings. The molecule has 1 saturated carbocycles. The molecular formula is C15H20N2O4. The van der Waals surface area contributed by atoms with Crippen molar-refractivity contribution in [2.24, 2.45) is 0 Å². The first-order chi connectivity index (χ1) is 10.2. The Morgan fingerprint density at radius 2 is 2.05 bits per heavy atom. The van der Waals surface area contributed by atoms with Crippen LogP contribution in [0, 0.1) is 10.1 Å². The van der Waals surface area contributed by atoms with E-state index in [4.69, 9.17) is 9.47 Å². The highest BCUT2D eigenvalue weighted by molar-refractivity contribution is 5.56. The second-order valence-corrected chi connectivity index (χ2v) is 5.58. The molecule has 1 heterocycles. The van der Waals surface area contributed by atoms with E-state index in [1.807, 2.05) is 6.07 Å². The number of hydrogen-bond acceptors (Lipinski definition) is 5. The van der Waals surface area contributed by atoms with E-state index in [1.54, 1.807) is 12.1 Å². The van der Waals surface area contributed by atoms with Gasteiger partial charge in [0.2, 0.25) is 0 Å². The summed E-state index contributed by atoms with van der Waals surface area (Å²) in [5.74, 6) is 0. The summed E-state index contributed by atoms with van der Waals surface area (Å²) >= 11 is 0. The van der Waals surface area contributed by atoms with Gasteiger partial charge in [-0.15, -0.1) is 0 Å². The zero-order valence-corrected chi connectivity index (χ0v) is 12.0. The van der Waals surface area contributed by atoms with Gasteiger partial charge >= 0.3 is 0 Å². The lowest BCUT2D eigenvalue weighted by molar-refractivity contribution is -0.384. The molecule has 2 aliphatic rings. The summed E-state index contributed by atoms with van der Waals surface area (Å²) in [4.78, 5) is 12.9. The number of non-ortho nitro benzene ring substituents is 1. The lowest BCUT2D eigenvalue weighted by atomic mass is 9.96. The highest BCUT2D eigenvalue weighted by Crippen LogP contribution is 2.27. The van der Waals surface area contributed by atoms with E-state index in [1.165, 1.54) is 6.42 Å². The molecule has 0 spiro atoms. The minimum atomic E-state index is -0.337. The molecule has 0 radical (unpaired) electrons. The minimum absolute atomic E-state index is 0.131. The lowest BCUT2D eigenvalue weighted by Crippen LogP contribution is -2.36. The van der Waals surface area contributed by atoms with E-state index in [0.717, 1.165) is 37.2 Å². The number of rotatable bonds is 5. The van der Waals surface area contributed by atoms with Crippen molar-refractivity contribution in [3.8, 4) is 0 Å². The smallest absolute Gasteiger partial charge is 0.271 e. The van der Waals surface area contributed by atoms with Crippen molar-refractivity contribution in [2.45, 2.75) is 32.0 Å². The van der Waals surface area contributed by atoms with Gasteiger partial charge in [0, 0.05) is 30.9 Å². The van der Waals surface area contributed by atoms with Crippen LogP contribution in [0.2, 0.25) is 0 Å². The highest BCUT2D eigenvalue weighted by Gasteiger charge is 2.20. The Hall–Kier alpha value is -1.66.